The van der Waals surface area contributed by atoms with Crippen LogP contribution in [0.3, 0.4) is 0 Å². The van der Waals surface area contributed by atoms with Gasteiger partial charge in [0.1, 0.15) is 0 Å². The molecule has 0 nitrogen and oxygen atoms in total. The van der Waals surface area contributed by atoms with Crippen molar-refractivity contribution in [3.8, 4) is 0 Å². The van der Waals surface area contributed by atoms with Crippen molar-refractivity contribution < 1.29 is 0 Å². The first-order valence-corrected chi connectivity index (χ1v) is 5.92. The van der Waals surface area contributed by atoms with Gasteiger partial charge < -0.3 is 0 Å². The lowest BCUT2D eigenvalue weighted by molar-refractivity contribution is 0.106. The zero-order chi connectivity index (χ0) is 10.2. The first kappa shape index (κ1) is 10.0. The monoisotopic (exact) mass is 190 g/mol. The Morgan fingerprint density at radius 3 is 3.07 bits per heavy atom. The van der Waals surface area contributed by atoms with Crippen molar-refractivity contribution >= 4 is 0 Å². The lowest BCUT2D eigenvalue weighted by atomic mass is 9.59. The smallest absolute Gasteiger partial charge is 0.0218 e. The Morgan fingerprint density at radius 1 is 1.57 bits per heavy atom. The SMILES string of the molecule is C=CCC12CC(C)=CC(CC(C)C1)C2. The molecule has 14 heavy (non-hydrogen) atoms. The van der Waals surface area contributed by atoms with Gasteiger partial charge in [-0.05, 0) is 56.3 Å². The van der Waals surface area contributed by atoms with E-state index in [4.69, 9.17) is 0 Å². The molecule has 0 aromatic carbocycles. The van der Waals surface area contributed by atoms with Gasteiger partial charge in [0.05, 0.1) is 0 Å². The van der Waals surface area contributed by atoms with E-state index >= 15 is 0 Å². The summed E-state index contributed by atoms with van der Waals surface area (Å²) in [6.07, 6.45) is 11.4. The molecule has 2 rings (SSSR count). The summed E-state index contributed by atoms with van der Waals surface area (Å²) in [6.45, 7) is 8.65. The summed E-state index contributed by atoms with van der Waals surface area (Å²) >= 11 is 0. The highest BCUT2D eigenvalue weighted by Gasteiger charge is 2.40. The van der Waals surface area contributed by atoms with E-state index in [2.05, 4.69) is 32.6 Å². The molecule has 2 aliphatic rings. The zero-order valence-electron chi connectivity index (χ0n) is 9.55. The van der Waals surface area contributed by atoms with E-state index in [-0.39, 0.29) is 0 Å². The zero-order valence-corrected chi connectivity index (χ0v) is 9.55. The molecule has 1 fully saturated rings. The normalized spacial score (nSPS) is 41.7. The maximum Gasteiger partial charge on any atom is -0.0218 e. The summed E-state index contributed by atoms with van der Waals surface area (Å²) in [7, 11) is 0. The Labute approximate surface area is 88.1 Å². The largest absolute Gasteiger partial charge is 0.103 e. The van der Waals surface area contributed by atoms with Crippen molar-refractivity contribution in [1.29, 1.82) is 0 Å². The van der Waals surface area contributed by atoms with E-state index in [1.54, 1.807) is 5.57 Å². The molecule has 0 aliphatic heterocycles. The van der Waals surface area contributed by atoms with E-state index in [0.717, 1.165) is 11.8 Å². The fourth-order valence-electron chi connectivity index (χ4n) is 3.93. The van der Waals surface area contributed by atoms with E-state index in [0.29, 0.717) is 5.41 Å². The third-order valence-electron chi connectivity index (χ3n) is 3.93. The fourth-order valence-corrected chi connectivity index (χ4v) is 3.93. The first-order valence-electron chi connectivity index (χ1n) is 5.92. The van der Waals surface area contributed by atoms with E-state index < -0.39 is 0 Å². The van der Waals surface area contributed by atoms with E-state index in [1.165, 1.54) is 32.1 Å². The quantitative estimate of drug-likeness (QED) is 0.568. The highest BCUT2D eigenvalue weighted by atomic mass is 14.4. The van der Waals surface area contributed by atoms with Crippen LogP contribution in [0.5, 0.6) is 0 Å². The van der Waals surface area contributed by atoms with Gasteiger partial charge in [-0.3, -0.25) is 0 Å². The molecule has 3 atom stereocenters. The molecule has 2 aliphatic carbocycles. The third kappa shape index (κ3) is 1.80. The predicted octanol–water partition coefficient (Wildman–Crippen LogP) is 4.34. The molecule has 0 amide bonds. The Bertz CT molecular complexity index is 261. The van der Waals surface area contributed by atoms with E-state index in [1.807, 2.05) is 0 Å². The average Bonchev–Trinajstić information content (AvgIpc) is 1.99. The molecule has 0 radical (unpaired) electrons. The molecule has 0 heteroatoms. The average molecular weight is 190 g/mol. The third-order valence-corrected chi connectivity index (χ3v) is 3.93. The standard InChI is InChI=1S/C14H22/c1-4-5-14-8-11(2)6-13(10-14)7-12(3)9-14/h4,6,12-13H,1,5,7-10H2,2-3H3. The summed E-state index contributed by atoms with van der Waals surface area (Å²) in [4.78, 5) is 0. The summed E-state index contributed by atoms with van der Waals surface area (Å²) in [6, 6.07) is 0. The minimum atomic E-state index is 0.586. The molecule has 1 saturated carbocycles. The number of rotatable bonds is 2. The topological polar surface area (TPSA) is 0 Å². The summed E-state index contributed by atoms with van der Waals surface area (Å²) in [5.41, 5.74) is 2.21. The Hall–Kier alpha value is -0.520. The van der Waals surface area contributed by atoms with Gasteiger partial charge in [-0.1, -0.05) is 24.6 Å². The van der Waals surface area contributed by atoms with Gasteiger partial charge in [0, 0.05) is 0 Å². The minimum absolute atomic E-state index is 0.586. The molecular formula is C14H22. The predicted molar refractivity (Wildman–Crippen MR) is 62.1 cm³/mol. The highest BCUT2D eigenvalue weighted by Crippen LogP contribution is 2.52. The summed E-state index contributed by atoms with van der Waals surface area (Å²) in [5.74, 6) is 1.78. The Kier molecular flexibility index (Phi) is 2.55. The van der Waals surface area contributed by atoms with Crippen molar-refractivity contribution in [2.75, 3.05) is 0 Å². The highest BCUT2D eigenvalue weighted by molar-refractivity contribution is 5.14. The summed E-state index contributed by atoms with van der Waals surface area (Å²) in [5, 5.41) is 0. The van der Waals surface area contributed by atoms with Crippen LogP contribution in [0.15, 0.2) is 24.3 Å². The fraction of sp³-hybridized carbons (Fsp3) is 0.714. The lowest BCUT2D eigenvalue weighted by Crippen LogP contribution is -2.34. The van der Waals surface area contributed by atoms with Gasteiger partial charge >= 0.3 is 0 Å². The van der Waals surface area contributed by atoms with Crippen LogP contribution in [0.2, 0.25) is 0 Å². The number of allylic oxidation sites excluding steroid dienone is 3. The second kappa shape index (κ2) is 3.56. The van der Waals surface area contributed by atoms with Crippen LogP contribution in [-0.2, 0) is 0 Å². The second-order valence-electron chi connectivity index (χ2n) is 5.69. The van der Waals surface area contributed by atoms with Crippen LogP contribution < -0.4 is 0 Å². The number of hydrogen-bond donors (Lipinski definition) is 0. The molecule has 0 aromatic heterocycles. The second-order valence-corrected chi connectivity index (χ2v) is 5.69. The van der Waals surface area contributed by atoms with Crippen LogP contribution in [0.4, 0.5) is 0 Å². The molecule has 0 saturated heterocycles. The van der Waals surface area contributed by atoms with Gasteiger partial charge in [-0.25, -0.2) is 0 Å². The Balaban J connectivity index is 2.23. The first-order chi connectivity index (χ1) is 6.63. The van der Waals surface area contributed by atoms with Crippen LogP contribution in [0.25, 0.3) is 0 Å². The molecule has 78 valence electrons. The van der Waals surface area contributed by atoms with Crippen molar-refractivity contribution in [1.82, 2.24) is 0 Å². The molecule has 0 spiro atoms. The van der Waals surface area contributed by atoms with Crippen molar-refractivity contribution in [2.24, 2.45) is 17.3 Å². The number of fused-ring (bicyclic) bond motifs is 2. The molecule has 0 aromatic rings. The number of hydrogen-bond acceptors (Lipinski definition) is 0. The van der Waals surface area contributed by atoms with Crippen LogP contribution in [0.1, 0.15) is 46.0 Å². The van der Waals surface area contributed by atoms with Gasteiger partial charge in [0.15, 0.2) is 0 Å². The van der Waals surface area contributed by atoms with Gasteiger partial charge in [-0.2, -0.15) is 0 Å². The van der Waals surface area contributed by atoms with Crippen LogP contribution in [-0.4, -0.2) is 0 Å². The molecular weight excluding hydrogens is 168 g/mol. The van der Waals surface area contributed by atoms with Crippen LogP contribution >= 0.6 is 0 Å². The minimum Gasteiger partial charge on any atom is -0.103 e. The summed E-state index contributed by atoms with van der Waals surface area (Å²) < 4.78 is 0. The van der Waals surface area contributed by atoms with Crippen LogP contribution in [0, 0.1) is 17.3 Å². The van der Waals surface area contributed by atoms with Gasteiger partial charge in [-0.15, -0.1) is 6.58 Å². The maximum absolute atomic E-state index is 3.93. The molecule has 0 heterocycles. The molecule has 2 bridgehead atoms. The molecule has 3 unspecified atom stereocenters. The van der Waals surface area contributed by atoms with E-state index in [9.17, 15) is 0 Å². The Morgan fingerprint density at radius 2 is 2.36 bits per heavy atom. The van der Waals surface area contributed by atoms with Crippen molar-refractivity contribution in [2.45, 2.75) is 46.0 Å². The van der Waals surface area contributed by atoms with Gasteiger partial charge in [0.2, 0.25) is 0 Å². The van der Waals surface area contributed by atoms with Crippen molar-refractivity contribution in [3.63, 3.8) is 0 Å². The van der Waals surface area contributed by atoms with Gasteiger partial charge in [0.25, 0.3) is 0 Å². The van der Waals surface area contributed by atoms with Crippen molar-refractivity contribution in [3.05, 3.63) is 24.3 Å². The lowest BCUT2D eigenvalue weighted by Gasteiger charge is -2.46. The molecule has 0 N–H and O–H groups in total. The maximum atomic E-state index is 3.93.